The van der Waals surface area contributed by atoms with Crippen LogP contribution < -0.4 is 5.32 Å². The van der Waals surface area contributed by atoms with Crippen LogP contribution in [0.25, 0.3) is 0 Å². The highest BCUT2D eigenvalue weighted by Gasteiger charge is 2.30. The number of hydrogen-bond acceptors (Lipinski definition) is 2. The Bertz CT molecular complexity index is 670. The monoisotopic (exact) mass is 328 g/mol. The summed E-state index contributed by atoms with van der Waals surface area (Å²) < 4.78 is 0. The molecule has 1 amide bonds. The first-order chi connectivity index (χ1) is 11.1. The zero-order valence-corrected chi connectivity index (χ0v) is 14.0. The summed E-state index contributed by atoms with van der Waals surface area (Å²) in [5, 5.41) is 3.85. The third-order valence-electron chi connectivity index (χ3n) is 4.11. The summed E-state index contributed by atoms with van der Waals surface area (Å²) in [6, 6.07) is 17.7. The molecule has 4 heteroatoms. The van der Waals surface area contributed by atoms with Gasteiger partial charge in [0.25, 0.3) is 0 Å². The maximum Gasteiger partial charge on any atom is 0.242 e. The van der Waals surface area contributed by atoms with Gasteiger partial charge in [0.15, 0.2) is 0 Å². The number of rotatable bonds is 6. The maximum atomic E-state index is 12.7. The normalized spacial score (nSPS) is 15.4. The molecule has 0 aromatic heterocycles. The van der Waals surface area contributed by atoms with E-state index in [1.165, 1.54) is 0 Å². The molecule has 0 heterocycles. The molecule has 0 unspecified atom stereocenters. The minimum atomic E-state index is -0.312. The largest absolute Gasteiger partial charge is 0.352 e. The lowest BCUT2D eigenvalue weighted by molar-refractivity contribution is -0.126. The Morgan fingerprint density at radius 3 is 2.48 bits per heavy atom. The van der Waals surface area contributed by atoms with E-state index >= 15 is 0 Å². The van der Waals surface area contributed by atoms with Crippen LogP contribution in [0.2, 0.25) is 5.02 Å². The Morgan fingerprint density at radius 2 is 1.83 bits per heavy atom. The summed E-state index contributed by atoms with van der Waals surface area (Å²) in [5.41, 5.74) is 2.03. The van der Waals surface area contributed by atoms with Crippen molar-refractivity contribution >= 4 is 17.5 Å². The molecule has 2 aromatic rings. The van der Waals surface area contributed by atoms with E-state index in [-0.39, 0.29) is 11.9 Å². The molecule has 1 aliphatic rings. The van der Waals surface area contributed by atoms with Crippen LogP contribution in [-0.2, 0) is 11.3 Å². The van der Waals surface area contributed by atoms with Crippen molar-refractivity contribution in [2.24, 2.45) is 0 Å². The average molecular weight is 329 g/mol. The van der Waals surface area contributed by atoms with Crippen LogP contribution in [0.3, 0.4) is 0 Å². The second kappa shape index (κ2) is 7.16. The van der Waals surface area contributed by atoms with Crippen LogP contribution in [0.15, 0.2) is 54.6 Å². The van der Waals surface area contributed by atoms with E-state index in [0.29, 0.717) is 12.6 Å². The Morgan fingerprint density at radius 1 is 1.17 bits per heavy atom. The second-order valence-electron chi connectivity index (χ2n) is 6.10. The summed E-state index contributed by atoms with van der Waals surface area (Å²) >= 11 is 6.27. The van der Waals surface area contributed by atoms with Gasteiger partial charge in [0.05, 0.1) is 0 Å². The molecule has 1 N–H and O–H groups in total. The minimum absolute atomic E-state index is 0.0632. The van der Waals surface area contributed by atoms with Gasteiger partial charge < -0.3 is 5.32 Å². The first-order valence-corrected chi connectivity index (χ1v) is 8.32. The van der Waals surface area contributed by atoms with Gasteiger partial charge in [0, 0.05) is 17.6 Å². The van der Waals surface area contributed by atoms with Gasteiger partial charge in [0.1, 0.15) is 6.04 Å². The van der Waals surface area contributed by atoms with E-state index in [1.54, 1.807) is 0 Å². The van der Waals surface area contributed by atoms with Crippen molar-refractivity contribution < 1.29 is 4.79 Å². The Kier molecular flexibility index (Phi) is 4.99. The number of carbonyl (C=O) groups is 1. The molecule has 1 atom stereocenters. The summed E-state index contributed by atoms with van der Waals surface area (Å²) in [5.74, 6) is 0.0632. The predicted molar refractivity (Wildman–Crippen MR) is 93.3 cm³/mol. The third-order valence-corrected chi connectivity index (χ3v) is 4.47. The van der Waals surface area contributed by atoms with Gasteiger partial charge in [-0.1, -0.05) is 60.1 Å². The predicted octanol–water partition coefficient (Wildman–Crippen LogP) is 3.79. The number of hydrogen-bond donors (Lipinski definition) is 1. The Balaban J connectivity index is 1.81. The fourth-order valence-electron chi connectivity index (χ4n) is 2.74. The number of likely N-dealkylation sites (N-methyl/N-ethyl adjacent to an activating group) is 1. The number of halogens is 1. The molecule has 1 fully saturated rings. The molecule has 3 nitrogen and oxygen atoms in total. The second-order valence-corrected chi connectivity index (χ2v) is 6.51. The van der Waals surface area contributed by atoms with E-state index in [2.05, 4.69) is 5.32 Å². The Hall–Kier alpha value is -1.84. The zero-order valence-electron chi connectivity index (χ0n) is 13.2. The summed E-state index contributed by atoms with van der Waals surface area (Å²) in [6.07, 6.45) is 2.17. The van der Waals surface area contributed by atoms with Gasteiger partial charge in [-0.2, -0.15) is 0 Å². The van der Waals surface area contributed by atoms with E-state index < -0.39 is 0 Å². The molecule has 0 spiro atoms. The van der Waals surface area contributed by atoms with E-state index in [9.17, 15) is 4.79 Å². The van der Waals surface area contributed by atoms with Crippen LogP contribution in [0, 0.1) is 0 Å². The fraction of sp³-hybridized carbons (Fsp3) is 0.316. The molecule has 1 aliphatic carbocycles. The van der Waals surface area contributed by atoms with Crippen molar-refractivity contribution in [1.82, 2.24) is 10.2 Å². The van der Waals surface area contributed by atoms with Crippen LogP contribution in [0.4, 0.5) is 0 Å². The lowest BCUT2D eigenvalue weighted by atomic mass is 10.0. The van der Waals surface area contributed by atoms with E-state index in [0.717, 1.165) is 29.0 Å². The topological polar surface area (TPSA) is 32.3 Å². The lowest BCUT2D eigenvalue weighted by Gasteiger charge is -2.28. The quantitative estimate of drug-likeness (QED) is 0.875. The van der Waals surface area contributed by atoms with Gasteiger partial charge in [-0.3, -0.25) is 9.69 Å². The molecular formula is C19H21ClN2O. The summed E-state index contributed by atoms with van der Waals surface area (Å²) in [6.45, 7) is 0.622. The van der Waals surface area contributed by atoms with Crippen molar-refractivity contribution in [3.63, 3.8) is 0 Å². The van der Waals surface area contributed by atoms with Crippen molar-refractivity contribution in [2.45, 2.75) is 31.5 Å². The lowest BCUT2D eigenvalue weighted by Crippen LogP contribution is -2.39. The summed E-state index contributed by atoms with van der Waals surface area (Å²) in [4.78, 5) is 14.8. The first kappa shape index (κ1) is 16.0. The standard InChI is InChI=1S/C19H21ClN2O/c1-22(13-15-9-5-6-10-17(15)20)18(14-7-3-2-4-8-14)19(23)21-16-11-12-16/h2-10,16,18H,11-13H2,1H3,(H,21,23)/t18-/m1/s1. The highest BCUT2D eigenvalue weighted by molar-refractivity contribution is 6.31. The molecule has 0 saturated heterocycles. The highest BCUT2D eigenvalue weighted by Crippen LogP contribution is 2.26. The number of nitrogens with zero attached hydrogens (tertiary/aromatic N) is 1. The van der Waals surface area contributed by atoms with Crippen LogP contribution >= 0.6 is 11.6 Å². The molecule has 3 rings (SSSR count). The Labute approximate surface area is 142 Å². The number of amides is 1. The van der Waals surface area contributed by atoms with Crippen molar-refractivity contribution in [1.29, 1.82) is 0 Å². The third kappa shape index (κ3) is 4.12. The smallest absolute Gasteiger partial charge is 0.242 e. The molecule has 0 bridgehead atoms. The first-order valence-electron chi connectivity index (χ1n) is 7.94. The molecular weight excluding hydrogens is 308 g/mol. The molecule has 0 aliphatic heterocycles. The van der Waals surface area contributed by atoms with E-state index in [1.807, 2.05) is 66.5 Å². The van der Waals surface area contributed by atoms with Crippen LogP contribution in [0.1, 0.15) is 30.0 Å². The van der Waals surface area contributed by atoms with Gasteiger partial charge >= 0.3 is 0 Å². The maximum absolute atomic E-state index is 12.7. The van der Waals surface area contributed by atoms with Gasteiger partial charge in [-0.25, -0.2) is 0 Å². The van der Waals surface area contributed by atoms with Crippen LogP contribution in [-0.4, -0.2) is 23.9 Å². The average Bonchev–Trinajstić information content (AvgIpc) is 3.35. The number of nitrogens with one attached hydrogen (secondary N) is 1. The van der Waals surface area contributed by atoms with Crippen molar-refractivity contribution in [2.75, 3.05) is 7.05 Å². The van der Waals surface area contributed by atoms with Gasteiger partial charge in [0.2, 0.25) is 5.91 Å². The number of benzene rings is 2. The minimum Gasteiger partial charge on any atom is -0.352 e. The fourth-order valence-corrected chi connectivity index (χ4v) is 2.93. The zero-order chi connectivity index (χ0) is 16.2. The molecule has 120 valence electrons. The van der Waals surface area contributed by atoms with Gasteiger partial charge in [-0.05, 0) is 37.1 Å². The highest BCUT2D eigenvalue weighted by atomic mass is 35.5. The SMILES string of the molecule is CN(Cc1ccccc1Cl)[C@@H](C(=O)NC1CC1)c1ccccc1. The van der Waals surface area contributed by atoms with Crippen molar-refractivity contribution in [3.05, 3.63) is 70.7 Å². The van der Waals surface area contributed by atoms with Gasteiger partial charge in [-0.15, -0.1) is 0 Å². The molecule has 2 aromatic carbocycles. The molecule has 1 saturated carbocycles. The molecule has 0 radical (unpaired) electrons. The molecule has 23 heavy (non-hydrogen) atoms. The number of carbonyl (C=O) groups excluding carboxylic acids is 1. The summed E-state index contributed by atoms with van der Waals surface area (Å²) in [7, 11) is 1.97. The van der Waals surface area contributed by atoms with Crippen molar-refractivity contribution in [3.8, 4) is 0 Å². The van der Waals surface area contributed by atoms with Crippen LogP contribution in [0.5, 0.6) is 0 Å². The van der Waals surface area contributed by atoms with E-state index in [4.69, 9.17) is 11.6 Å².